The third-order valence-electron chi connectivity index (χ3n) is 6.06. The molecule has 41 heavy (non-hydrogen) atoms. The van der Waals surface area contributed by atoms with Crippen LogP contribution < -0.4 is 33.4 Å². The van der Waals surface area contributed by atoms with Crippen molar-refractivity contribution in [3.05, 3.63) is 66.2 Å². The van der Waals surface area contributed by atoms with Crippen LogP contribution >= 0.6 is 11.8 Å². The fourth-order valence-corrected chi connectivity index (χ4v) is 5.89. The molecule has 1 aliphatic heterocycles. The van der Waals surface area contributed by atoms with Crippen LogP contribution in [0.15, 0.2) is 70.7 Å². The molecule has 0 spiro atoms. The van der Waals surface area contributed by atoms with Gasteiger partial charge in [0.05, 0.1) is 45.2 Å². The number of methoxy groups -OCH3 is 4. The fourth-order valence-electron chi connectivity index (χ4n) is 3.88. The first-order valence-electron chi connectivity index (χ1n) is 12.4. The molecule has 11 nitrogen and oxygen atoms in total. The maximum atomic E-state index is 14.0. The van der Waals surface area contributed by atoms with E-state index in [1.54, 1.807) is 12.1 Å². The van der Waals surface area contributed by atoms with Crippen LogP contribution in [0, 0.1) is 0 Å². The molecule has 3 aromatic carbocycles. The van der Waals surface area contributed by atoms with Crippen LogP contribution in [-0.2, 0) is 14.8 Å². The van der Waals surface area contributed by atoms with Gasteiger partial charge in [-0.2, -0.15) is 16.9 Å². The SMILES string of the molecule is COc1ccc(OC)c(N(CC(=O)N/N=C\c2cccc(OC3CSC3)c2)S(=O)(=O)c2ccc(OC)c(OC)c2)c1. The number of anilines is 1. The summed E-state index contributed by atoms with van der Waals surface area (Å²) in [7, 11) is 1.37. The normalized spacial score (nSPS) is 13.3. The Morgan fingerprint density at radius 2 is 1.66 bits per heavy atom. The number of sulfonamides is 1. The molecule has 4 rings (SSSR count). The lowest BCUT2D eigenvalue weighted by Crippen LogP contribution is -2.39. The van der Waals surface area contributed by atoms with Crippen molar-refractivity contribution in [2.24, 2.45) is 5.10 Å². The molecule has 13 heteroatoms. The number of thioether (sulfide) groups is 1. The minimum absolute atomic E-state index is 0.0970. The molecule has 1 N–H and O–H groups in total. The lowest BCUT2D eigenvalue weighted by molar-refractivity contribution is -0.119. The highest BCUT2D eigenvalue weighted by atomic mass is 32.2. The monoisotopic (exact) mass is 601 g/mol. The quantitative estimate of drug-likeness (QED) is 0.231. The summed E-state index contributed by atoms with van der Waals surface area (Å²) in [4.78, 5) is 12.9. The highest BCUT2D eigenvalue weighted by Gasteiger charge is 2.31. The standard InChI is InChI=1S/C28H31N3O8S2/c1-35-20-8-10-25(36-2)24(13-20)31(41(33,34)23-9-11-26(37-3)27(14-23)38-4)16-28(32)30-29-15-19-6-5-7-21(12-19)39-22-17-40-18-22/h5-15,22H,16-18H2,1-4H3,(H,30,32)/b29-15-. The molecular weight excluding hydrogens is 570 g/mol. The average molecular weight is 602 g/mol. The van der Waals surface area contributed by atoms with Crippen molar-refractivity contribution >= 4 is 39.6 Å². The average Bonchev–Trinajstić information content (AvgIpc) is 2.97. The van der Waals surface area contributed by atoms with E-state index in [4.69, 9.17) is 23.7 Å². The van der Waals surface area contributed by atoms with E-state index in [0.29, 0.717) is 22.8 Å². The highest BCUT2D eigenvalue weighted by Crippen LogP contribution is 2.37. The van der Waals surface area contributed by atoms with E-state index in [-0.39, 0.29) is 28.2 Å². The number of nitrogens with one attached hydrogen (secondary N) is 1. The van der Waals surface area contributed by atoms with Gasteiger partial charge < -0.3 is 23.7 Å². The van der Waals surface area contributed by atoms with Crippen LogP contribution in [0.5, 0.6) is 28.7 Å². The molecule has 0 aromatic heterocycles. The molecule has 0 aliphatic carbocycles. The predicted octanol–water partition coefficient (Wildman–Crippen LogP) is 3.56. The number of rotatable bonds is 13. The Morgan fingerprint density at radius 3 is 2.32 bits per heavy atom. The van der Waals surface area contributed by atoms with E-state index >= 15 is 0 Å². The second-order valence-electron chi connectivity index (χ2n) is 8.71. The third-order valence-corrected chi connectivity index (χ3v) is 9.03. The Labute approximate surface area is 243 Å². The fraction of sp³-hybridized carbons (Fsp3) is 0.286. The van der Waals surface area contributed by atoms with Gasteiger partial charge in [0.15, 0.2) is 11.5 Å². The van der Waals surface area contributed by atoms with E-state index < -0.39 is 22.5 Å². The zero-order valence-corrected chi connectivity index (χ0v) is 24.7. The molecule has 1 saturated heterocycles. The van der Waals surface area contributed by atoms with Crippen LogP contribution in [0.2, 0.25) is 0 Å². The smallest absolute Gasteiger partial charge is 0.265 e. The Kier molecular flexibility index (Phi) is 9.84. The van der Waals surface area contributed by atoms with Gasteiger partial charge in [-0.15, -0.1) is 0 Å². The summed E-state index contributed by atoms with van der Waals surface area (Å²) in [6.07, 6.45) is 1.65. The summed E-state index contributed by atoms with van der Waals surface area (Å²) in [5.74, 6) is 3.08. The second kappa shape index (κ2) is 13.5. The van der Waals surface area contributed by atoms with Gasteiger partial charge in [0.1, 0.15) is 29.9 Å². The maximum Gasteiger partial charge on any atom is 0.265 e. The minimum Gasteiger partial charge on any atom is -0.497 e. The van der Waals surface area contributed by atoms with Crippen molar-refractivity contribution in [1.29, 1.82) is 0 Å². The first kappa shape index (κ1) is 29.9. The molecule has 0 atom stereocenters. The van der Waals surface area contributed by atoms with E-state index in [1.165, 1.54) is 58.9 Å². The molecule has 1 amide bonds. The van der Waals surface area contributed by atoms with Gasteiger partial charge in [-0.1, -0.05) is 12.1 Å². The summed E-state index contributed by atoms with van der Waals surface area (Å²) in [6.45, 7) is -0.611. The molecule has 0 unspecified atom stereocenters. The van der Waals surface area contributed by atoms with Crippen LogP contribution in [-0.4, -0.2) is 73.1 Å². The molecule has 0 radical (unpaired) electrons. The van der Waals surface area contributed by atoms with Crippen molar-refractivity contribution in [3.8, 4) is 28.7 Å². The Morgan fingerprint density at radius 1 is 0.927 bits per heavy atom. The second-order valence-corrected chi connectivity index (χ2v) is 11.6. The maximum absolute atomic E-state index is 14.0. The molecule has 3 aromatic rings. The number of hydrogen-bond acceptors (Lipinski definition) is 10. The Hall–Kier alpha value is -4.10. The zero-order chi connectivity index (χ0) is 29.4. The van der Waals surface area contributed by atoms with Gasteiger partial charge in [0.2, 0.25) is 0 Å². The lowest BCUT2D eigenvalue weighted by atomic mass is 10.2. The summed E-state index contributed by atoms with van der Waals surface area (Å²) >= 11 is 1.82. The summed E-state index contributed by atoms with van der Waals surface area (Å²) < 4.78 is 56.0. The number of carbonyl (C=O) groups excluding carboxylic acids is 1. The number of ether oxygens (including phenoxy) is 5. The molecule has 1 heterocycles. The molecule has 218 valence electrons. The largest absolute Gasteiger partial charge is 0.497 e. The van der Waals surface area contributed by atoms with Gasteiger partial charge in [0.25, 0.3) is 15.9 Å². The van der Waals surface area contributed by atoms with Gasteiger partial charge in [-0.3, -0.25) is 9.10 Å². The van der Waals surface area contributed by atoms with E-state index in [0.717, 1.165) is 15.8 Å². The number of hydrazone groups is 1. The van der Waals surface area contributed by atoms with Gasteiger partial charge in [0, 0.05) is 23.6 Å². The number of hydrogen-bond donors (Lipinski definition) is 1. The number of nitrogens with zero attached hydrogens (tertiary/aromatic N) is 2. The van der Waals surface area contributed by atoms with Crippen LogP contribution in [0.1, 0.15) is 5.56 Å². The van der Waals surface area contributed by atoms with Gasteiger partial charge >= 0.3 is 0 Å². The molecule has 1 aliphatic rings. The molecule has 0 bridgehead atoms. The topological polar surface area (TPSA) is 125 Å². The Bertz CT molecular complexity index is 1510. The van der Waals surface area contributed by atoms with E-state index in [1.807, 2.05) is 36.0 Å². The van der Waals surface area contributed by atoms with Crippen LogP contribution in [0.25, 0.3) is 0 Å². The summed E-state index contributed by atoms with van der Waals surface area (Å²) in [5, 5.41) is 4.03. The van der Waals surface area contributed by atoms with Crippen molar-refractivity contribution in [2.45, 2.75) is 11.0 Å². The van der Waals surface area contributed by atoms with Crippen LogP contribution in [0.3, 0.4) is 0 Å². The molecule has 0 saturated carbocycles. The molecule has 1 fully saturated rings. The zero-order valence-electron chi connectivity index (χ0n) is 23.0. The van der Waals surface area contributed by atoms with Crippen molar-refractivity contribution in [2.75, 3.05) is 50.8 Å². The number of amides is 1. The third kappa shape index (κ3) is 7.16. The summed E-state index contributed by atoms with van der Waals surface area (Å²) in [6, 6.07) is 16.1. The first-order valence-corrected chi connectivity index (χ1v) is 15.0. The van der Waals surface area contributed by atoms with Crippen LogP contribution in [0.4, 0.5) is 5.69 Å². The predicted molar refractivity (Wildman–Crippen MR) is 158 cm³/mol. The van der Waals surface area contributed by atoms with Crippen molar-refractivity contribution in [1.82, 2.24) is 5.43 Å². The summed E-state index contributed by atoms with van der Waals surface area (Å²) in [5.41, 5.74) is 3.21. The minimum atomic E-state index is -4.32. The van der Waals surface area contributed by atoms with Crippen molar-refractivity contribution < 1.29 is 36.9 Å². The van der Waals surface area contributed by atoms with E-state index in [2.05, 4.69) is 10.5 Å². The van der Waals surface area contributed by atoms with E-state index in [9.17, 15) is 13.2 Å². The van der Waals surface area contributed by atoms with Gasteiger partial charge in [-0.05, 0) is 42.0 Å². The number of carbonyl (C=O) groups is 1. The Balaban J connectivity index is 1.61. The molecular formula is C28H31N3O8S2. The lowest BCUT2D eigenvalue weighted by Gasteiger charge is -2.26. The highest BCUT2D eigenvalue weighted by molar-refractivity contribution is 8.00. The number of benzene rings is 3. The van der Waals surface area contributed by atoms with Crippen molar-refractivity contribution in [3.63, 3.8) is 0 Å². The first-order chi connectivity index (χ1) is 19.8. The van der Waals surface area contributed by atoms with Gasteiger partial charge in [-0.25, -0.2) is 13.8 Å².